The second-order valence-corrected chi connectivity index (χ2v) is 4.27. The summed E-state index contributed by atoms with van der Waals surface area (Å²) in [6, 6.07) is 3.60. The Morgan fingerprint density at radius 1 is 1.40 bits per heavy atom. The van der Waals surface area contributed by atoms with Crippen molar-refractivity contribution in [1.82, 2.24) is 10.5 Å². The molecule has 1 heterocycles. The number of nitrogens with one attached hydrogen (secondary N) is 1. The average molecular weight is 208 g/mol. The molecule has 4 nitrogen and oxygen atoms in total. The van der Waals surface area contributed by atoms with Gasteiger partial charge in [0.2, 0.25) is 5.91 Å². The molecule has 0 spiro atoms. The quantitative estimate of drug-likeness (QED) is 0.765. The number of pyridine rings is 1. The first-order valence-electron chi connectivity index (χ1n) is 4.83. The summed E-state index contributed by atoms with van der Waals surface area (Å²) < 4.78 is 0. The molecular formula is C11H16N2O2. The van der Waals surface area contributed by atoms with Crippen molar-refractivity contribution >= 4 is 5.91 Å². The molecule has 82 valence electrons. The molecule has 4 heteroatoms. The lowest BCUT2D eigenvalue weighted by Crippen LogP contribution is -2.34. The van der Waals surface area contributed by atoms with E-state index in [0.29, 0.717) is 6.42 Å². The van der Waals surface area contributed by atoms with E-state index in [9.17, 15) is 4.79 Å². The molecule has 0 bridgehead atoms. The third kappa shape index (κ3) is 5.12. The van der Waals surface area contributed by atoms with E-state index in [4.69, 9.17) is 4.84 Å². The highest BCUT2D eigenvalue weighted by molar-refractivity contribution is 5.77. The number of carbonyl (C=O) groups is 1. The predicted octanol–water partition coefficient (Wildman–Crippen LogP) is 1.47. The Kier molecular flexibility index (Phi) is 3.80. The Morgan fingerprint density at radius 2 is 2.00 bits per heavy atom. The van der Waals surface area contributed by atoms with Crippen LogP contribution in [0.15, 0.2) is 24.5 Å². The summed E-state index contributed by atoms with van der Waals surface area (Å²) >= 11 is 0. The summed E-state index contributed by atoms with van der Waals surface area (Å²) in [6.07, 6.45) is 3.62. The molecule has 0 aliphatic rings. The van der Waals surface area contributed by atoms with Gasteiger partial charge in [-0.15, -0.1) is 0 Å². The van der Waals surface area contributed by atoms with Crippen LogP contribution in [0.2, 0.25) is 0 Å². The van der Waals surface area contributed by atoms with E-state index in [1.54, 1.807) is 24.5 Å². The summed E-state index contributed by atoms with van der Waals surface area (Å²) in [7, 11) is 0. The Morgan fingerprint density at radius 3 is 2.53 bits per heavy atom. The molecule has 0 saturated carbocycles. The SMILES string of the molecule is CC(C)(C)ONC(=O)Cc1ccncc1. The van der Waals surface area contributed by atoms with E-state index in [0.717, 1.165) is 5.56 Å². The topological polar surface area (TPSA) is 51.2 Å². The van der Waals surface area contributed by atoms with Crippen molar-refractivity contribution in [3.8, 4) is 0 Å². The lowest BCUT2D eigenvalue weighted by atomic mass is 10.2. The normalized spacial score (nSPS) is 11.1. The zero-order chi connectivity index (χ0) is 11.3. The second-order valence-electron chi connectivity index (χ2n) is 4.27. The second kappa shape index (κ2) is 4.89. The van der Waals surface area contributed by atoms with Gasteiger partial charge in [-0.1, -0.05) is 0 Å². The molecule has 1 aromatic rings. The maximum atomic E-state index is 11.4. The molecule has 0 unspecified atom stereocenters. The van der Waals surface area contributed by atoms with Crippen LogP contribution in [0.25, 0.3) is 0 Å². The van der Waals surface area contributed by atoms with Gasteiger partial charge in [-0.3, -0.25) is 14.6 Å². The standard InChI is InChI=1S/C11H16N2O2/c1-11(2,3)15-13-10(14)8-9-4-6-12-7-5-9/h4-7H,8H2,1-3H3,(H,13,14). The van der Waals surface area contributed by atoms with Gasteiger partial charge >= 0.3 is 0 Å². The van der Waals surface area contributed by atoms with Gasteiger partial charge < -0.3 is 0 Å². The van der Waals surface area contributed by atoms with Crippen LogP contribution >= 0.6 is 0 Å². The summed E-state index contributed by atoms with van der Waals surface area (Å²) in [5.41, 5.74) is 2.96. The number of carbonyl (C=O) groups excluding carboxylic acids is 1. The number of hydrogen-bond donors (Lipinski definition) is 1. The number of aromatic nitrogens is 1. The van der Waals surface area contributed by atoms with Gasteiger partial charge in [0.25, 0.3) is 0 Å². The number of rotatable bonds is 3. The van der Waals surface area contributed by atoms with E-state index < -0.39 is 0 Å². The summed E-state index contributed by atoms with van der Waals surface area (Å²) in [5, 5.41) is 0. The van der Waals surface area contributed by atoms with Crippen LogP contribution in [-0.4, -0.2) is 16.5 Å². The van der Waals surface area contributed by atoms with E-state index in [1.165, 1.54) is 0 Å². The van der Waals surface area contributed by atoms with Crippen molar-refractivity contribution in [1.29, 1.82) is 0 Å². The average Bonchev–Trinajstić information content (AvgIpc) is 2.15. The zero-order valence-electron chi connectivity index (χ0n) is 9.28. The molecular weight excluding hydrogens is 192 g/mol. The van der Waals surface area contributed by atoms with Gasteiger partial charge in [0.05, 0.1) is 12.0 Å². The molecule has 1 rings (SSSR count). The molecule has 0 atom stereocenters. The van der Waals surface area contributed by atoms with Crippen molar-refractivity contribution < 1.29 is 9.63 Å². The van der Waals surface area contributed by atoms with Crippen LogP contribution in [0.1, 0.15) is 26.3 Å². The van der Waals surface area contributed by atoms with Crippen molar-refractivity contribution in [3.63, 3.8) is 0 Å². The monoisotopic (exact) mass is 208 g/mol. The van der Waals surface area contributed by atoms with Gasteiger partial charge in [0, 0.05) is 12.4 Å². The molecule has 0 fully saturated rings. The molecule has 1 aromatic heterocycles. The highest BCUT2D eigenvalue weighted by atomic mass is 16.7. The first-order valence-corrected chi connectivity index (χ1v) is 4.83. The lowest BCUT2D eigenvalue weighted by Gasteiger charge is -2.18. The molecule has 0 aromatic carbocycles. The van der Waals surface area contributed by atoms with Gasteiger partial charge in [0.1, 0.15) is 0 Å². The third-order valence-corrected chi connectivity index (χ3v) is 1.59. The van der Waals surface area contributed by atoms with Crippen molar-refractivity contribution in [3.05, 3.63) is 30.1 Å². The molecule has 1 N–H and O–H groups in total. The Balaban J connectivity index is 2.38. The smallest absolute Gasteiger partial charge is 0.247 e. The number of hydrogen-bond acceptors (Lipinski definition) is 3. The lowest BCUT2D eigenvalue weighted by molar-refractivity contribution is -0.144. The fourth-order valence-corrected chi connectivity index (χ4v) is 0.932. The molecule has 15 heavy (non-hydrogen) atoms. The van der Waals surface area contributed by atoms with Crippen LogP contribution in [0.3, 0.4) is 0 Å². The fraction of sp³-hybridized carbons (Fsp3) is 0.455. The summed E-state index contributed by atoms with van der Waals surface area (Å²) in [6.45, 7) is 5.62. The Bertz CT molecular complexity index is 317. The Labute approximate surface area is 89.6 Å². The van der Waals surface area contributed by atoms with Gasteiger partial charge in [-0.25, -0.2) is 5.48 Å². The van der Waals surface area contributed by atoms with Crippen LogP contribution in [0.5, 0.6) is 0 Å². The molecule has 1 amide bonds. The molecule has 0 saturated heterocycles. The predicted molar refractivity (Wildman–Crippen MR) is 56.9 cm³/mol. The molecule has 0 radical (unpaired) electrons. The van der Waals surface area contributed by atoms with Crippen LogP contribution < -0.4 is 5.48 Å². The molecule has 0 aliphatic carbocycles. The van der Waals surface area contributed by atoms with Crippen molar-refractivity contribution in [2.75, 3.05) is 0 Å². The van der Waals surface area contributed by atoms with E-state index in [2.05, 4.69) is 10.5 Å². The van der Waals surface area contributed by atoms with E-state index >= 15 is 0 Å². The van der Waals surface area contributed by atoms with Crippen molar-refractivity contribution in [2.24, 2.45) is 0 Å². The zero-order valence-corrected chi connectivity index (χ0v) is 9.28. The summed E-state index contributed by atoms with van der Waals surface area (Å²) in [5.74, 6) is -0.156. The third-order valence-electron chi connectivity index (χ3n) is 1.59. The minimum atomic E-state index is -0.367. The maximum absolute atomic E-state index is 11.4. The highest BCUT2D eigenvalue weighted by Crippen LogP contribution is 2.04. The number of hydroxylamine groups is 1. The first kappa shape index (κ1) is 11.7. The first-order chi connectivity index (χ1) is 6.97. The van der Waals surface area contributed by atoms with Gasteiger partial charge in [-0.2, -0.15) is 0 Å². The van der Waals surface area contributed by atoms with Gasteiger partial charge in [0.15, 0.2) is 0 Å². The van der Waals surface area contributed by atoms with Crippen LogP contribution in [0.4, 0.5) is 0 Å². The van der Waals surface area contributed by atoms with Gasteiger partial charge in [-0.05, 0) is 38.5 Å². The molecule has 0 aliphatic heterocycles. The van der Waals surface area contributed by atoms with E-state index in [1.807, 2.05) is 20.8 Å². The number of nitrogens with zero attached hydrogens (tertiary/aromatic N) is 1. The maximum Gasteiger partial charge on any atom is 0.247 e. The minimum Gasteiger partial charge on any atom is -0.272 e. The van der Waals surface area contributed by atoms with E-state index in [-0.39, 0.29) is 11.5 Å². The largest absolute Gasteiger partial charge is 0.272 e. The highest BCUT2D eigenvalue weighted by Gasteiger charge is 2.12. The fourth-order valence-electron chi connectivity index (χ4n) is 0.932. The summed E-state index contributed by atoms with van der Waals surface area (Å²) in [4.78, 5) is 20.4. The minimum absolute atomic E-state index is 0.156. The van der Waals surface area contributed by atoms with Crippen molar-refractivity contribution in [2.45, 2.75) is 32.8 Å². The van der Waals surface area contributed by atoms with Crippen LogP contribution in [0, 0.1) is 0 Å². The van der Waals surface area contributed by atoms with Crippen LogP contribution in [-0.2, 0) is 16.1 Å². The Hall–Kier alpha value is -1.42. The number of amides is 1.